The topological polar surface area (TPSA) is 62.7 Å². The predicted octanol–water partition coefficient (Wildman–Crippen LogP) is 1.47. The summed E-state index contributed by atoms with van der Waals surface area (Å²) in [5.74, 6) is 0.804. The maximum Gasteiger partial charge on any atom is 0.257 e. The minimum Gasteiger partial charge on any atom is -0.469 e. The Balaban J connectivity index is 1.74. The Labute approximate surface area is 120 Å². The Hall–Kier alpha value is -1.33. The van der Waals surface area contributed by atoms with Gasteiger partial charge in [0.25, 0.3) is 5.91 Å². The monoisotopic (exact) mass is 279 g/mol. The zero-order chi connectivity index (χ0) is 14.4. The number of nitrogens with zero attached hydrogens (tertiary/aromatic N) is 2. The van der Waals surface area contributed by atoms with Crippen molar-refractivity contribution < 1.29 is 9.21 Å². The van der Waals surface area contributed by atoms with Crippen molar-refractivity contribution in [3.05, 3.63) is 23.7 Å². The first-order chi connectivity index (χ1) is 9.72. The molecule has 20 heavy (non-hydrogen) atoms. The average Bonchev–Trinajstić information content (AvgIpc) is 2.90. The summed E-state index contributed by atoms with van der Waals surface area (Å²) in [6, 6.07) is 1.76. The molecule has 1 fully saturated rings. The van der Waals surface area contributed by atoms with Crippen LogP contribution in [0, 0.1) is 6.92 Å². The molecule has 112 valence electrons. The van der Waals surface area contributed by atoms with Crippen LogP contribution in [0.2, 0.25) is 0 Å². The smallest absolute Gasteiger partial charge is 0.257 e. The van der Waals surface area contributed by atoms with Crippen LogP contribution in [-0.4, -0.2) is 55.0 Å². The van der Waals surface area contributed by atoms with E-state index in [0.717, 1.165) is 45.7 Å². The van der Waals surface area contributed by atoms with Crippen molar-refractivity contribution in [2.24, 2.45) is 5.73 Å². The lowest BCUT2D eigenvalue weighted by molar-refractivity contribution is 0.0633. The van der Waals surface area contributed by atoms with Gasteiger partial charge in [0.05, 0.1) is 11.8 Å². The number of unbranched alkanes of at least 4 members (excludes halogenated alkanes) is 2. The Morgan fingerprint density at radius 2 is 2.00 bits per heavy atom. The number of carbonyl (C=O) groups excluding carboxylic acids is 1. The van der Waals surface area contributed by atoms with Crippen LogP contribution in [0.15, 0.2) is 16.7 Å². The fraction of sp³-hybridized carbons (Fsp3) is 0.667. The normalized spacial score (nSPS) is 16.6. The Morgan fingerprint density at radius 1 is 1.25 bits per heavy atom. The zero-order valence-electron chi connectivity index (χ0n) is 12.3. The molecule has 0 bridgehead atoms. The summed E-state index contributed by atoms with van der Waals surface area (Å²) in [7, 11) is 0. The molecule has 5 nitrogen and oxygen atoms in total. The van der Waals surface area contributed by atoms with E-state index in [0.29, 0.717) is 11.3 Å². The number of furan rings is 1. The van der Waals surface area contributed by atoms with Gasteiger partial charge < -0.3 is 15.1 Å². The van der Waals surface area contributed by atoms with E-state index in [4.69, 9.17) is 10.2 Å². The molecular weight excluding hydrogens is 254 g/mol. The molecule has 1 aliphatic heterocycles. The van der Waals surface area contributed by atoms with E-state index < -0.39 is 0 Å². The van der Waals surface area contributed by atoms with Crippen molar-refractivity contribution in [1.82, 2.24) is 9.80 Å². The molecule has 0 unspecified atom stereocenters. The molecule has 0 saturated carbocycles. The number of hydrogen-bond acceptors (Lipinski definition) is 4. The van der Waals surface area contributed by atoms with Crippen molar-refractivity contribution >= 4 is 5.91 Å². The summed E-state index contributed by atoms with van der Waals surface area (Å²) in [5.41, 5.74) is 6.19. The first-order valence-electron chi connectivity index (χ1n) is 7.48. The highest BCUT2D eigenvalue weighted by Gasteiger charge is 2.23. The number of piperazine rings is 1. The lowest BCUT2D eigenvalue weighted by Crippen LogP contribution is -2.48. The standard InChI is InChI=1S/C15H25N3O2/c1-13-14(5-12-20-13)15(19)18-10-8-17(9-11-18)7-4-2-3-6-16/h5,12H,2-4,6-11,16H2,1H3. The summed E-state index contributed by atoms with van der Waals surface area (Å²) in [5, 5.41) is 0. The quantitative estimate of drug-likeness (QED) is 0.801. The number of carbonyl (C=O) groups is 1. The molecule has 0 radical (unpaired) electrons. The Bertz CT molecular complexity index is 423. The van der Waals surface area contributed by atoms with Crippen LogP contribution >= 0.6 is 0 Å². The SMILES string of the molecule is Cc1occc1C(=O)N1CCN(CCCCCN)CC1. The number of amides is 1. The van der Waals surface area contributed by atoms with Crippen molar-refractivity contribution in [1.29, 1.82) is 0 Å². The van der Waals surface area contributed by atoms with Crippen LogP contribution < -0.4 is 5.73 Å². The molecule has 1 aromatic rings. The largest absolute Gasteiger partial charge is 0.469 e. The number of hydrogen-bond donors (Lipinski definition) is 1. The molecule has 2 N–H and O–H groups in total. The van der Waals surface area contributed by atoms with Crippen LogP contribution in [0.4, 0.5) is 0 Å². The van der Waals surface area contributed by atoms with Gasteiger partial charge in [-0.3, -0.25) is 9.69 Å². The summed E-state index contributed by atoms with van der Waals surface area (Å²) in [6.07, 6.45) is 5.09. The van der Waals surface area contributed by atoms with E-state index in [2.05, 4.69) is 4.90 Å². The van der Waals surface area contributed by atoms with Gasteiger partial charge in [0.2, 0.25) is 0 Å². The molecule has 1 amide bonds. The molecule has 1 aromatic heterocycles. The van der Waals surface area contributed by atoms with Crippen molar-refractivity contribution in [2.45, 2.75) is 26.2 Å². The highest BCUT2D eigenvalue weighted by Crippen LogP contribution is 2.14. The minimum absolute atomic E-state index is 0.0963. The van der Waals surface area contributed by atoms with Gasteiger partial charge >= 0.3 is 0 Å². The maximum atomic E-state index is 12.3. The van der Waals surface area contributed by atoms with Gasteiger partial charge in [0.15, 0.2) is 0 Å². The van der Waals surface area contributed by atoms with Crippen LogP contribution in [0.1, 0.15) is 35.4 Å². The second-order valence-corrected chi connectivity index (χ2v) is 5.37. The van der Waals surface area contributed by atoms with Crippen LogP contribution in [0.3, 0.4) is 0 Å². The molecule has 2 heterocycles. The maximum absolute atomic E-state index is 12.3. The van der Waals surface area contributed by atoms with Gasteiger partial charge in [-0.1, -0.05) is 6.42 Å². The number of rotatable bonds is 6. The first-order valence-corrected chi connectivity index (χ1v) is 7.48. The Kier molecular flexibility index (Phi) is 5.61. The first kappa shape index (κ1) is 15.1. The Morgan fingerprint density at radius 3 is 2.60 bits per heavy atom. The van der Waals surface area contributed by atoms with E-state index in [1.165, 1.54) is 12.8 Å². The average molecular weight is 279 g/mol. The van der Waals surface area contributed by atoms with Gasteiger partial charge in [-0.2, -0.15) is 0 Å². The zero-order valence-corrected chi connectivity index (χ0v) is 12.3. The molecule has 0 aromatic carbocycles. The van der Waals surface area contributed by atoms with E-state index in [1.807, 2.05) is 11.8 Å². The lowest BCUT2D eigenvalue weighted by Gasteiger charge is -2.34. The highest BCUT2D eigenvalue weighted by molar-refractivity contribution is 5.95. The third-order valence-corrected chi connectivity index (χ3v) is 3.93. The van der Waals surface area contributed by atoms with Crippen molar-refractivity contribution in [2.75, 3.05) is 39.3 Å². The van der Waals surface area contributed by atoms with Gasteiger partial charge in [0.1, 0.15) is 5.76 Å². The van der Waals surface area contributed by atoms with Gasteiger partial charge in [-0.15, -0.1) is 0 Å². The molecule has 0 atom stereocenters. The molecule has 5 heteroatoms. The van der Waals surface area contributed by atoms with E-state index in [9.17, 15) is 4.79 Å². The summed E-state index contributed by atoms with van der Waals surface area (Å²) in [6.45, 7) is 7.28. The minimum atomic E-state index is 0.0963. The van der Waals surface area contributed by atoms with Gasteiger partial charge in [0, 0.05) is 26.2 Å². The lowest BCUT2D eigenvalue weighted by atomic mass is 10.2. The molecule has 0 spiro atoms. The second kappa shape index (κ2) is 7.45. The molecule has 1 aliphatic rings. The van der Waals surface area contributed by atoms with Gasteiger partial charge in [-0.05, 0) is 38.9 Å². The molecule has 2 rings (SSSR count). The van der Waals surface area contributed by atoms with Crippen LogP contribution in [-0.2, 0) is 0 Å². The van der Waals surface area contributed by atoms with Crippen molar-refractivity contribution in [3.63, 3.8) is 0 Å². The fourth-order valence-corrected chi connectivity index (χ4v) is 2.61. The number of nitrogens with two attached hydrogens (primary N) is 1. The summed E-state index contributed by atoms with van der Waals surface area (Å²) in [4.78, 5) is 16.7. The third kappa shape index (κ3) is 3.84. The summed E-state index contributed by atoms with van der Waals surface area (Å²) >= 11 is 0. The molecular formula is C15H25N3O2. The van der Waals surface area contributed by atoms with E-state index in [-0.39, 0.29) is 5.91 Å². The molecule has 0 aliphatic carbocycles. The highest BCUT2D eigenvalue weighted by atomic mass is 16.3. The third-order valence-electron chi connectivity index (χ3n) is 3.93. The van der Waals surface area contributed by atoms with E-state index in [1.54, 1.807) is 12.3 Å². The predicted molar refractivity (Wildman–Crippen MR) is 78.7 cm³/mol. The van der Waals surface area contributed by atoms with Crippen LogP contribution in [0.25, 0.3) is 0 Å². The second-order valence-electron chi connectivity index (χ2n) is 5.37. The van der Waals surface area contributed by atoms with E-state index >= 15 is 0 Å². The van der Waals surface area contributed by atoms with Crippen molar-refractivity contribution in [3.8, 4) is 0 Å². The van der Waals surface area contributed by atoms with Crippen LogP contribution in [0.5, 0.6) is 0 Å². The number of aryl methyl sites for hydroxylation is 1. The molecule has 1 saturated heterocycles. The van der Waals surface area contributed by atoms with Gasteiger partial charge in [-0.25, -0.2) is 0 Å². The summed E-state index contributed by atoms with van der Waals surface area (Å²) < 4.78 is 5.21. The fourth-order valence-electron chi connectivity index (χ4n) is 2.61.